The lowest BCUT2D eigenvalue weighted by Gasteiger charge is -2.33. The van der Waals surface area contributed by atoms with Crippen molar-refractivity contribution < 1.29 is 9.53 Å². The molecule has 7 heteroatoms. The molecule has 1 amide bonds. The van der Waals surface area contributed by atoms with Crippen LogP contribution in [0, 0.1) is 0 Å². The molecule has 2 heterocycles. The summed E-state index contributed by atoms with van der Waals surface area (Å²) in [5, 5.41) is 0. The van der Waals surface area contributed by atoms with Crippen LogP contribution in [-0.4, -0.2) is 46.6 Å². The van der Waals surface area contributed by atoms with Crippen molar-refractivity contribution in [2.75, 3.05) is 19.8 Å². The van der Waals surface area contributed by atoms with E-state index in [-0.39, 0.29) is 10.9 Å². The van der Waals surface area contributed by atoms with Gasteiger partial charge in [0.25, 0.3) is 0 Å². The van der Waals surface area contributed by atoms with Gasteiger partial charge in [-0.2, -0.15) is 0 Å². The number of nitrogens with zero attached hydrogens (tertiary/aromatic N) is 2. The van der Waals surface area contributed by atoms with Gasteiger partial charge in [0, 0.05) is 19.3 Å². The highest BCUT2D eigenvalue weighted by Gasteiger charge is 2.28. The van der Waals surface area contributed by atoms with Crippen molar-refractivity contribution in [2.24, 2.45) is 11.5 Å². The molecule has 0 bridgehead atoms. The lowest BCUT2D eigenvalue weighted by atomic mass is 10.1. The number of ether oxygens (including phenoxy) is 1. The Bertz CT molecular complexity index is 494. The third-order valence-corrected chi connectivity index (χ3v) is 3.26. The number of aromatic nitrogens is 1. The number of hydrogen-bond acceptors (Lipinski definition) is 5. The van der Waals surface area contributed by atoms with Gasteiger partial charge in [-0.15, -0.1) is 0 Å². The maximum absolute atomic E-state index is 11.4. The van der Waals surface area contributed by atoms with Crippen molar-refractivity contribution in [2.45, 2.75) is 12.6 Å². The molecule has 1 aliphatic heterocycles. The molecule has 0 aliphatic carbocycles. The molecule has 6 nitrogen and oxygen atoms in total. The van der Waals surface area contributed by atoms with E-state index in [1.165, 1.54) is 0 Å². The van der Waals surface area contributed by atoms with E-state index in [0.717, 1.165) is 5.56 Å². The van der Waals surface area contributed by atoms with E-state index in [1.54, 1.807) is 6.20 Å². The summed E-state index contributed by atoms with van der Waals surface area (Å²) >= 11 is 4.98. The number of amides is 1. The predicted octanol–water partition coefficient (Wildman–Crippen LogP) is -0.598. The Morgan fingerprint density at radius 1 is 1.58 bits per heavy atom. The Labute approximate surface area is 116 Å². The van der Waals surface area contributed by atoms with Gasteiger partial charge in [0.05, 0.1) is 13.2 Å². The van der Waals surface area contributed by atoms with Crippen LogP contribution < -0.4 is 11.5 Å². The van der Waals surface area contributed by atoms with Crippen LogP contribution in [0.1, 0.15) is 11.3 Å². The van der Waals surface area contributed by atoms with E-state index >= 15 is 0 Å². The number of hydrogen-bond donors (Lipinski definition) is 2. The minimum Gasteiger partial charge on any atom is -0.388 e. The van der Waals surface area contributed by atoms with Crippen molar-refractivity contribution in [1.82, 2.24) is 9.88 Å². The molecule has 1 saturated heterocycles. The molecule has 0 spiro atoms. The number of morpholine rings is 1. The molecule has 1 aliphatic rings. The number of carbonyl (C=O) groups excluding carboxylic acids is 1. The van der Waals surface area contributed by atoms with Crippen LogP contribution in [0.2, 0.25) is 0 Å². The number of primary amides is 1. The molecule has 0 radical (unpaired) electrons. The average Bonchev–Trinajstić information content (AvgIpc) is 2.39. The first kappa shape index (κ1) is 13.9. The second-order valence-electron chi connectivity index (χ2n) is 4.34. The van der Waals surface area contributed by atoms with Crippen molar-refractivity contribution in [3.05, 3.63) is 29.6 Å². The Morgan fingerprint density at radius 3 is 3.05 bits per heavy atom. The predicted molar refractivity (Wildman–Crippen MR) is 74.3 cm³/mol. The van der Waals surface area contributed by atoms with Crippen LogP contribution in [0.5, 0.6) is 0 Å². The summed E-state index contributed by atoms with van der Waals surface area (Å²) in [4.78, 5) is 17.8. The first-order valence-corrected chi connectivity index (χ1v) is 6.35. The van der Waals surface area contributed by atoms with Gasteiger partial charge in [-0.25, -0.2) is 0 Å². The Kier molecular flexibility index (Phi) is 4.41. The summed E-state index contributed by atoms with van der Waals surface area (Å²) < 4.78 is 5.28. The van der Waals surface area contributed by atoms with E-state index in [4.69, 9.17) is 28.4 Å². The summed E-state index contributed by atoms with van der Waals surface area (Å²) in [5.74, 6) is -0.388. The molecular weight excluding hydrogens is 264 g/mol. The van der Waals surface area contributed by atoms with E-state index < -0.39 is 6.04 Å². The lowest BCUT2D eigenvalue weighted by Crippen LogP contribution is -2.52. The van der Waals surface area contributed by atoms with E-state index in [2.05, 4.69) is 4.98 Å². The Hall–Kier alpha value is -1.57. The van der Waals surface area contributed by atoms with E-state index in [0.29, 0.717) is 32.0 Å². The Balaban J connectivity index is 2.19. The van der Waals surface area contributed by atoms with E-state index in [1.807, 2.05) is 17.0 Å². The molecular formula is C12H16N4O2S. The lowest BCUT2D eigenvalue weighted by molar-refractivity contribution is -0.129. The van der Waals surface area contributed by atoms with Crippen LogP contribution in [0.3, 0.4) is 0 Å². The zero-order valence-corrected chi connectivity index (χ0v) is 11.2. The minimum atomic E-state index is -0.423. The first-order chi connectivity index (χ1) is 9.09. The van der Waals surface area contributed by atoms with Crippen molar-refractivity contribution in [1.29, 1.82) is 0 Å². The molecule has 4 N–H and O–H groups in total. The number of carbonyl (C=O) groups is 1. The topological polar surface area (TPSA) is 94.5 Å². The van der Waals surface area contributed by atoms with Crippen LogP contribution >= 0.6 is 12.2 Å². The minimum absolute atomic E-state index is 0.250. The number of nitrogens with two attached hydrogens (primary N) is 2. The van der Waals surface area contributed by atoms with Gasteiger partial charge in [0.15, 0.2) is 0 Å². The number of rotatable bonds is 4. The van der Waals surface area contributed by atoms with E-state index in [9.17, 15) is 4.79 Å². The van der Waals surface area contributed by atoms with Gasteiger partial charge in [-0.1, -0.05) is 18.3 Å². The van der Waals surface area contributed by atoms with Crippen molar-refractivity contribution >= 4 is 23.1 Å². The molecule has 1 fully saturated rings. The number of pyridine rings is 1. The summed E-state index contributed by atoms with van der Waals surface area (Å²) in [6, 6.07) is 3.29. The quantitative estimate of drug-likeness (QED) is 0.715. The van der Waals surface area contributed by atoms with Crippen molar-refractivity contribution in [3.8, 4) is 0 Å². The maximum atomic E-state index is 11.4. The molecule has 19 heavy (non-hydrogen) atoms. The molecule has 1 aromatic rings. The van der Waals surface area contributed by atoms with Gasteiger partial charge >= 0.3 is 0 Å². The highest BCUT2D eigenvalue weighted by Crippen LogP contribution is 2.14. The van der Waals surface area contributed by atoms with Gasteiger partial charge in [0.2, 0.25) is 5.91 Å². The van der Waals surface area contributed by atoms with Gasteiger partial charge < -0.3 is 16.2 Å². The molecule has 0 aromatic carbocycles. The second kappa shape index (κ2) is 6.05. The smallest absolute Gasteiger partial charge is 0.237 e. The SMILES string of the molecule is NC(=O)C1COCCN1Cc1cccnc1C(N)=S. The van der Waals surface area contributed by atoms with Crippen LogP contribution in [-0.2, 0) is 16.1 Å². The largest absolute Gasteiger partial charge is 0.388 e. The normalized spacial score (nSPS) is 20.1. The first-order valence-electron chi connectivity index (χ1n) is 5.94. The summed E-state index contributed by atoms with van der Waals surface area (Å²) in [6.45, 7) is 2.06. The summed E-state index contributed by atoms with van der Waals surface area (Å²) in [7, 11) is 0. The summed E-state index contributed by atoms with van der Waals surface area (Å²) in [6.07, 6.45) is 1.64. The fraction of sp³-hybridized carbons (Fsp3) is 0.417. The fourth-order valence-corrected chi connectivity index (χ4v) is 2.28. The monoisotopic (exact) mass is 280 g/mol. The average molecular weight is 280 g/mol. The number of thiocarbonyl (C=S) groups is 1. The van der Waals surface area contributed by atoms with Gasteiger partial charge in [0.1, 0.15) is 16.7 Å². The van der Waals surface area contributed by atoms with Crippen LogP contribution in [0.4, 0.5) is 0 Å². The highest BCUT2D eigenvalue weighted by atomic mass is 32.1. The third-order valence-electron chi connectivity index (χ3n) is 3.07. The third kappa shape index (κ3) is 3.25. The maximum Gasteiger partial charge on any atom is 0.237 e. The molecule has 1 unspecified atom stereocenters. The molecule has 1 atom stereocenters. The van der Waals surface area contributed by atoms with Gasteiger partial charge in [-0.3, -0.25) is 14.7 Å². The van der Waals surface area contributed by atoms with Crippen LogP contribution in [0.25, 0.3) is 0 Å². The Morgan fingerprint density at radius 2 is 2.37 bits per heavy atom. The second-order valence-corrected chi connectivity index (χ2v) is 4.78. The van der Waals surface area contributed by atoms with Gasteiger partial charge in [-0.05, 0) is 11.6 Å². The molecule has 102 valence electrons. The fourth-order valence-electron chi connectivity index (χ4n) is 2.10. The molecule has 2 rings (SSSR count). The zero-order chi connectivity index (χ0) is 13.8. The zero-order valence-electron chi connectivity index (χ0n) is 10.4. The molecule has 0 saturated carbocycles. The van der Waals surface area contributed by atoms with Crippen LogP contribution in [0.15, 0.2) is 18.3 Å². The molecule has 1 aromatic heterocycles. The standard InChI is InChI=1S/C12H16N4O2S/c13-11(17)9-7-18-5-4-16(9)6-8-2-1-3-15-10(8)12(14)19/h1-3,9H,4-7H2,(H2,13,17)(H2,14,19). The highest BCUT2D eigenvalue weighted by molar-refractivity contribution is 7.80. The summed E-state index contributed by atoms with van der Waals surface area (Å²) in [5.41, 5.74) is 12.5. The van der Waals surface area contributed by atoms with Crippen molar-refractivity contribution in [3.63, 3.8) is 0 Å².